The minimum absolute atomic E-state index is 0.797. The van der Waals surface area contributed by atoms with E-state index in [-0.39, 0.29) is 0 Å². The highest BCUT2D eigenvalue weighted by Crippen LogP contribution is 2.25. The number of hydrogen-bond donors (Lipinski definition) is 1. The second-order valence-electron chi connectivity index (χ2n) is 6.43. The maximum atomic E-state index is 6.07. The number of nitrogens with two attached hydrogens (primary N) is 1. The van der Waals surface area contributed by atoms with E-state index in [0.29, 0.717) is 0 Å². The fourth-order valence-electron chi connectivity index (χ4n) is 3.73. The van der Waals surface area contributed by atoms with Crippen LogP contribution in [0.3, 0.4) is 0 Å². The normalized spacial score (nSPS) is 24.6. The molecule has 0 spiro atoms. The van der Waals surface area contributed by atoms with Crippen LogP contribution in [0.4, 0.5) is 5.69 Å². The van der Waals surface area contributed by atoms with Crippen LogP contribution in [0.2, 0.25) is 0 Å². The third-order valence-corrected chi connectivity index (χ3v) is 5.08. The number of hydrogen-bond acceptors (Lipinski definition) is 3. The molecule has 2 heterocycles. The van der Waals surface area contributed by atoms with Gasteiger partial charge in [-0.1, -0.05) is 18.6 Å². The van der Waals surface area contributed by atoms with Crippen LogP contribution in [0, 0.1) is 0 Å². The standard InChI is InChI=1S/C17H27N3/c1-19-10-3-2-6-15(19)8-11-20-12-9-16-14(13-20)5-4-7-17(16)18/h4-5,7,15H,2-3,6,8-13,18H2,1H3. The van der Waals surface area contributed by atoms with E-state index in [9.17, 15) is 0 Å². The van der Waals surface area contributed by atoms with Gasteiger partial charge in [0.15, 0.2) is 0 Å². The van der Waals surface area contributed by atoms with E-state index < -0.39 is 0 Å². The predicted octanol–water partition coefficient (Wildman–Crippen LogP) is 2.50. The second kappa shape index (κ2) is 6.15. The SMILES string of the molecule is CN1CCCCC1CCN1CCc2c(N)cccc2C1. The van der Waals surface area contributed by atoms with E-state index in [2.05, 4.69) is 29.0 Å². The summed E-state index contributed by atoms with van der Waals surface area (Å²) in [6.45, 7) is 4.75. The van der Waals surface area contributed by atoms with Crippen molar-refractivity contribution in [2.75, 3.05) is 32.4 Å². The largest absolute Gasteiger partial charge is 0.398 e. The van der Waals surface area contributed by atoms with Crippen molar-refractivity contribution in [2.24, 2.45) is 0 Å². The molecule has 0 amide bonds. The van der Waals surface area contributed by atoms with E-state index in [4.69, 9.17) is 5.73 Å². The highest BCUT2D eigenvalue weighted by Gasteiger charge is 2.22. The summed E-state index contributed by atoms with van der Waals surface area (Å²) >= 11 is 0. The van der Waals surface area contributed by atoms with Crippen molar-refractivity contribution < 1.29 is 0 Å². The summed E-state index contributed by atoms with van der Waals surface area (Å²) in [5.41, 5.74) is 9.88. The highest BCUT2D eigenvalue weighted by molar-refractivity contribution is 5.51. The van der Waals surface area contributed by atoms with E-state index in [0.717, 1.165) is 31.2 Å². The molecule has 0 aromatic heterocycles. The molecule has 0 radical (unpaired) electrons. The summed E-state index contributed by atoms with van der Waals surface area (Å²) in [7, 11) is 2.29. The Bertz CT molecular complexity index is 458. The summed E-state index contributed by atoms with van der Waals surface area (Å²) in [5.74, 6) is 0. The van der Waals surface area contributed by atoms with Gasteiger partial charge >= 0.3 is 0 Å². The van der Waals surface area contributed by atoms with Crippen molar-refractivity contribution in [1.82, 2.24) is 9.80 Å². The molecule has 2 N–H and O–H groups in total. The smallest absolute Gasteiger partial charge is 0.0350 e. The molecule has 3 nitrogen and oxygen atoms in total. The van der Waals surface area contributed by atoms with Crippen LogP contribution >= 0.6 is 0 Å². The molecule has 1 fully saturated rings. The first-order chi connectivity index (χ1) is 9.74. The molecule has 0 aliphatic carbocycles. The molecular formula is C17H27N3. The first-order valence-corrected chi connectivity index (χ1v) is 8.03. The van der Waals surface area contributed by atoms with Crippen LogP contribution < -0.4 is 5.73 Å². The van der Waals surface area contributed by atoms with Crippen molar-refractivity contribution in [3.63, 3.8) is 0 Å². The van der Waals surface area contributed by atoms with Gasteiger partial charge in [-0.2, -0.15) is 0 Å². The number of nitrogens with zero attached hydrogens (tertiary/aromatic N) is 2. The number of benzene rings is 1. The van der Waals surface area contributed by atoms with Crippen molar-refractivity contribution in [3.05, 3.63) is 29.3 Å². The summed E-state index contributed by atoms with van der Waals surface area (Å²) in [6, 6.07) is 7.16. The lowest BCUT2D eigenvalue weighted by Crippen LogP contribution is -2.40. The van der Waals surface area contributed by atoms with Gasteiger partial charge in [0.2, 0.25) is 0 Å². The van der Waals surface area contributed by atoms with E-state index >= 15 is 0 Å². The number of rotatable bonds is 3. The molecule has 1 saturated heterocycles. The highest BCUT2D eigenvalue weighted by atomic mass is 15.2. The minimum Gasteiger partial charge on any atom is -0.398 e. The van der Waals surface area contributed by atoms with Gasteiger partial charge in [0.1, 0.15) is 0 Å². The average molecular weight is 273 g/mol. The molecule has 20 heavy (non-hydrogen) atoms. The topological polar surface area (TPSA) is 32.5 Å². The first-order valence-electron chi connectivity index (χ1n) is 8.03. The van der Waals surface area contributed by atoms with Gasteiger partial charge in [-0.15, -0.1) is 0 Å². The first kappa shape index (κ1) is 13.9. The molecular weight excluding hydrogens is 246 g/mol. The predicted molar refractivity (Wildman–Crippen MR) is 84.7 cm³/mol. The Balaban J connectivity index is 1.55. The molecule has 2 aliphatic heterocycles. The van der Waals surface area contributed by atoms with Gasteiger partial charge in [-0.05, 0) is 63.0 Å². The monoisotopic (exact) mass is 273 g/mol. The zero-order valence-corrected chi connectivity index (χ0v) is 12.6. The maximum Gasteiger partial charge on any atom is 0.0350 e. The van der Waals surface area contributed by atoms with Gasteiger partial charge in [-0.3, -0.25) is 4.90 Å². The van der Waals surface area contributed by atoms with Crippen LogP contribution in [-0.4, -0.2) is 42.5 Å². The second-order valence-corrected chi connectivity index (χ2v) is 6.43. The van der Waals surface area contributed by atoms with Crippen molar-refractivity contribution in [2.45, 2.75) is 44.7 Å². The fraction of sp³-hybridized carbons (Fsp3) is 0.647. The summed E-state index contributed by atoms with van der Waals surface area (Å²) in [6.07, 6.45) is 6.60. The number of piperidine rings is 1. The number of fused-ring (bicyclic) bond motifs is 1. The Hall–Kier alpha value is -1.06. The lowest BCUT2D eigenvalue weighted by Gasteiger charge is -2.35. The zero-order chi connectivity index (χ0) is 13.9. The number of anilines is 1. The van der Waals surface area contributed by atoms with Crippen molar-refractivity contribution in [3.8, 4) is 0 Å². The molecule has 2 aliphatic rings. The molecule has 3 rings (SSSR count). The van der Waals surface area contributed by atoms with Gasteiger partial charge in [0.05, 0.1) is 0 Å². The van der Waals surface area contributed by atoms with E-state index in [1.807, 2.05) is 6.07 Å². The molecule has 110 valence electrons. The molecule has 0 saturated carbocycles. The lowest BCUT2D eigenvalue weighted by molar-refractivity contribution is 0.149. The van der Waals surface area contributed by atoms with Crippen LogP contribution in [-0.2, 0) is 13.0 Å². The average Bonchev–Trinajstić information content (AvgIpc) is 2.46. The zero-order valence-electron chi connectivity index (χ0n) is 12.6. The fourth-order valence-corrected chi connectivity index (χ4v) is 3.73. The van der Waals surface area contributed by atoms with Crippen molar-refractivity contribution in [1.29, 1.82) is 0 Å². The van der Waals surface area contributed by atoms with Crippen LogP contribution in [0.15, 0.2) is 18.2 Å². The van der Waals surface area contributed by atoms with Gasteiger partial charge in [0, 0.05) is 24.8 Å². The Morgan fingerprint density at radius 1 is 1.25 bits per heavy atom. The molecule has 1 unspecified atom stereocenters. The molecule has 1 aromatic rings. The molecule has 3 heteroatoms. The van der Waals surface area contributed by atoms with Crippen LogP contribution in [0.25, 0.3) is 0 Å². The summed E-state index contributed by atoms with van der Waals surface area (Å²) in [5, 5.41) is 0. The van der Waals surface area contributed by atoms with E-state index in [1.54, 1.807) is 0 Å². The summed E-state index contributed by atoms with van der Waals surface area (Å²) < 4.78 is 0. The van der Waals surface area contributed by atoms with Gasteiger partial charge in [-0.25, -0.2) is 0 Å². The quantitative estimate of drug-likeness (QED) is 0.859. The van der Waals surface area contributed by atoms with E-state index in [1.165, 1.54) is 49.9 Å². The number of likely N-dealkylation sites (tertiary alicyclic amines) is 1. The molecule has 1 atom stereocenters. The molecule has 0 bridgehead atoms. The Morgan fingerprint density at radius 3 is 3.00 bits per heavy atom. The lowest BCUT2D eigenvalue weighted by atomic mass is 9.96. The third-order valence-electron chi connectivity index (χ3n) is 5.08. The van der Waals surface area contributed by atoms with Crippen molar-refractivity contribution >= 4 is 5.69 Å². The Morgan fingerprint density at radius 2 is 2.15 bits per heavy atom. The molecule has 1 aromatic carbocycles. The minimum atomic E-state index is 0.797. The van der Waals surface area contributed by atoms with Crippen LogP contribution in [0.1, 0.15) is 36.8 Å². The van der Waals surface area contributed by atoms with Gasteiger partial charge in [0.25, 0.3) is 0 Å². The Labute approximate surface area is 122 Å². The Kier molecular flexibility index (Phi) is 4.27. The summed E-state index contributed by atoms with van der Waals surface area (Å²) in [4.78, 5) is 5.16. The maximum absolute atomic E-state index is 6.07. The third kappa shape index (κ3) is 2.99. The van der Waals surface area contributed by atoms with Crippen LogP contribution in [0.5, 0.6) is 0 Å². The number of nitrogen functional groups attached to an aromatic ring is 1. The van der Waals surface area contributed by atoms with Gasteiger partial charge < -0.3 is 10.6 Å².